The first kappa shape index (κ1) is 12.9. The highest BCUT2D eigenvalue weighted by molar-refractivity contribution is 5.96. The van der Waals surface area contributed by atoms with Crippen LogP contribution in [-0.2, 0) is 12.0 Å². The van der Waals surface area contributed by atoms with Crippen molar-refractivity contribution in [3.05, 3.63) is 59.9 Å². The first-order chi connectivity index (χ1) is 11.3. The van der Waals surface area contributed by atoms with Gasteiger partial charge in [0.1, 0.15) is 0 Å². The molecule has 1 amide bonds. The van der Waals surface area contributed by atoms with Crippen LogP contribution in [-0.4, -0.2) is 31.7 Å². The number of hydrogen-bond acceptors (Lipinski definition) is 2. The maximum atomic E-state index is 13.2. The number of carbonyl (C=O) groups is 1. The van der Waals surface area contributed by atoms with Crippen LogP contribution in [0.2, 0.25) is 0 Å². The van der Waals surface area contributed by atoms with Gasteiger partial charge in [-0.2, -0.15) is 0 Å². The molecule has 0 unspecified atom stereocenters. The van der Waals surface area contributed by atoms with Crippen molar-refractivity contribution in [3.63, 3.8) is 0 Å². The van der Waals surface area contributed by atoms with E-state index in [0.29, 0.717) is 0 Å². The van der Waals surface area contributed by atoms with E-state index in [1.165, 1.54) is 5.69 Å². The Morgan fingerprint density at radius 3 is 3.00 bits per heavy atom. The van der Waals surface area contributed by atoms with Gasteiger partial charge in [0.25, 0.3) is 5.91 Å². The molecule has 116 valence electrons. The molecule has 0 bridgehead atoms. The number of hydrogen-bond donors (Lipinski definition) is 1. The van der Waals surface area contributed by atoms with E-state index in [2.05, 4.69) is 14.9 Å². The highest BCUT2D eigenvalue weighted by Gasteiger charge is 2.51. The molecule has 0 radical (unpaired) electrons. The number of aromatic nitrogens is 3. The zero-order valence-electron chi connectivity index (χ0n) is 12.8. The Bertz CT molecular complexity index is 870. The van der Waals surface area contributed by atoms with Crippen LogP contribution in [0.4, 0.5) is 0 Å². The summed E-state index contributed by atoms with van der Waals surface area (Å²) in [6, 6.07) is 7.98. The van der Waals surface area contributed by atoms with E-state index in [4.69, 9.17) is 0 Å². The van der Waals surface area contributed by atoms with E-state index in [-0.39, 0.29) is 11.4 Å². The Labute approximate surface area is 133 Å². The zero-order chi connectivity index (χ0) is 15.4. The van der Waals surface area contributed by atoms with Gasteiger partial charge in [0, 0.05) is 36.6 Å². The topological polar surface area (TPSA) is 53.4 Å². The highest BCUT2D eigenvalue weighted by atomic mass is 16.2. The van der Waals surface area contributed by atoms with E-state index in [1.54, 1.807) is 6.33 Å². The van der Waals surface area contributed by atoms with Gasteiger partial charge in [0.05, 0.1) is 23.1 Å². The summed E-state index contributed by atoms with van der Waals surface area (Å²) in [7, 11) is 0. The molecule has 1 aliphatic carbocycles. The average molecular weight is 306 g/mol. The van der Waals surface area contributed by atoms with Gasteiger partial charge in [-0.1, -0.05) is 6.07 Å². The molecule has 23 heavy (non-hydrogen) atoms. The number of pyridine rings is 1. The molecule has 1 saturated carbocycles. The fraction of sp³-hybridized carbons (Fsp3) is 0.333. The van der Waals surface area contributed by atoms with Crippen molar-refractivity contribution in [1.82, 2.24) is 19.3 Å². The molecule has 1 N–H and O–H groups in total. The molecule has 0 saturated heterocycles. The molecule has 4 heterocycles. The van der Waals surface area contributed by atoms with Crippen LogP contribution >= 0.6 is 0 Å². The molecule has 3 aromatic rings. The number of carbonyl (C=O) groups excluding carboxylic acids is 1. The zero-order valence-corrected chi connectivity index (χ0v) is 12.8. The van der Waals surface area contributed by atoms with Crippen molar-refractivity contribution in [2.75, 3.05) is 6.54 Å². The monoisotopic (exact) mass is 306 g/mol. The van der Waals surface area contributed by atoms with Crippen LogP contribution in [0, 0.1) is 0 Å². The Balaban J connectivity index is 1.57. The van der Waals surface area contributed by atoms with Crippen LogP contribution < -0.4 is 0 Å². The number of nitrogens with one attached hydrogen (secondary N) is 1. The first-order valence-electron chi connectivity index (χ1n) is 8.19. The predicted octanol–water partition coefficient (Wildman–Crippen LogP) is 2.74. The standard InChI is InChI=1S/C18H18N4O/c23-17(13-10-14-4-1-2-8-21(14)11-13)22-9-5-15-16(20-12-19-15)18(22)6-3-7-18/h1-2,4,8,10-12H,3,5-7,9H2,(H,19,20). The summed E-state index contributed by atoms with van der Waals surface area (Å²) in [6.45, 7) is 0.764. The van der Waals surface area contributed by atoms with Crippen molar-refractivity contribution >= 4 is 11.4 Å². The number of fused-ring (bicyclic) bond motifs is 3. The lowest BCUT2D eigenvalue weighted by Gasteiger charge is -2.52. The smallest absolute Gasteiger partial charge is 0.256 e. The third-order valence-corrected chi connectivity index (χ3v) is 5.44. The number of amides is 1. The van der Waals surface area contributed by atoms with Crippen LogP contribution in [0.1, 0.15) is 41.0 Å². The second kappa shape index (κ2) is 4.47. The van der Waals surface area contributed by atoms with Crippen molar-refractivity contribution in [2.45, 2.75) is 31.2 Å². The van der Waals surface area contributed by atoms with Crippen molar-refractivity contribution in [2.24, 2.45) is 0 Å². The van der Waals surface area contributed by atoms with Crippen LogP contribution in [0.25, 0.3) is 5.52 Å². The molecule has 5 nitrogen and oxygen atoms in total. The van der Waals surface area contributed by atoms with Gasteiger partial charge in [-0.05, 0) is 37.5 Å². The van der Waals surface area contributed by atoms with Crippen molar-refractivity contribution in [3.8, 4) is 0 Å². The van der Waals surface area contributed by atoms with E-state index in [1.807, 2.05) is 41.1 Å². The van der Waals surface area contributed by atoms with Crippen molar-refractivity contribution in [1.29, 1.82) is 0 Å². The fourth-order valence-corrected chi connectivity index (χ4v) is 4.12. The van der Waals surface area contributed by atoms with Crippen LogP contribution in [0.15, 0.2) is 43.0 Å². The lowest BCUT2D eigenvalue weighted by atomic mass is 9.70. The fourth-order valence-electron chi connectivity index (χ4n) is 4.12. The summed E-state index contributed by atoms with van der Waals surface area (Å²) in [5.74, 6) is 0.127. The third kappa shape index (κ3) is 1.67. The summed E-state index contributed by atoms with van der Waals surface area (Å²) >= 11 is 0. The van der Waals surface area contributed by atoms with E-state index in [9.17, 15) is 4.79 Å². The molecule has 0 atom stereocenters. The Kier molecular flexibility index (Phi) is 2.52. The minimum Gasteiger partial charge on any atom is -0.348 e. The molecule has 5 heteroatoms. The molecule has 1 fully saturated rings. The van der Waals surface area contributed by atoms with Gasteiger partial charge in [-0.25, -0.2) is 4.98 Å². The summed E-state index contributed by atoms with van der Waals surface area (Å²) < 4.78 is 2.00. The summed E-state index contributed by atoms with van der Waals surface area (Å²) in [5.41, 5.74) is 3.93. The number of nitrogens with zero attached hydrogens (tertiary/aromatic N) is 3. The molecular formula is C18H18N4O. The maximum absolute atomic E-state index is 13.2. The molecule has 2 aliphatic rings. The van der Waals surface area contributed by atoms with Crippen molar-refractivity contribution < 1.29 is 4.79 Å². The lowest BCUT2D eigenvalue weighted by molar-refractivity contribution is 0.00457. The number of aromatic amines is 1. The normalized spacial score (nSPS) is 18.9. The Hall–Kier alpha value is -2.56. The lowest BCUT2D eigenvalue weighted by Crippen LogP contribution is -2.57. The summed E-state index contributed by atoms with van der Waals surface area (Å²) in [4.78, 5) is 23.0. The van der Waals surface area contributed by atoms with Gasteiger partial charge in [-0.15, -0.1) is 0 Å². The summed E-state index contributed by atoms with van der Waals surface area (Å²) in [5, 5.41) is 0. The molecule has 3 aromatic heterocycles. The predicted molar refractivity (Wildman–Crippen MR) is 86.3 cm³/mol. The van der Waals surface area contributed by atoms with Gasteiger partial charge in [0.2, 0.25) is 0 Å². The molecule has 5 rings (SSSR count). The van der Waals surface area contributed by atoms with E-state index < -0.39 is 0 Å². The minimum absolute atomic E-state index is 0.127. The van der Waals surface area contributed by atoms with Gasteiger partial charge >= 0.3 is 0 Å². The quantitative estimate of drug-likeness (QED) is 0.751. The van der Waals surface area contributed by atoms with E-state index in [0.717, 1.165) is 49.0 Å². The highest BCUT2D eigenvalue weighted by Crippen LogP contribution is 2.49. The van der Waals surface area contributed by atoms with Crippen LogP contribution in [0.5, 0.6) is 0 Å². The molecule has 1 spiro atoms. The maximum Gasteiger partial charge on any atom is 0.256 e. The van der Waals surface area contributed by atoms with Gasteiger partial charge < -0.3 is 14.3 Å². The molecular weight excluding hydrogens is 288 g/mol. The second-order valence-corrected chi connectivity index (χ2v) is 6.58. The van der Waals surface area contributed by atoms with E-state index >= 15 is 0 Å². The minimum atomic E-state index is -0.182. The Morgan fingerprint density at radius 1 is 1.30 bits per heavy atom. The first-order valence-corrected chi connectivity index (χ1v) is 8.19. The molecule has 0 aromatic carbocycles. The van der Waals surface area contributed by atoms with Gasteiger partial charge in [0.15, 0.2) is 0 Å². The largest absolute Gasteiger partial charge is 0.348 e. The number of imidazole rings is 1. The van der Waals surface area contributed by atoms with Gasteiger partial charge in [-0.3, -0.25) is 4.79 Å². The number of H-pyrrole nitrogens is 1. The SMILES string of the molecule is O=C(c1cc2ccccn2c1)N1CCc2[nH]cnc2C12CCC2. The Morgan fingerprint density at radius 2 is 2.22 bits per heavy atom. The van der Waals surface area contributed by atoms with Crippen LogP contribution in [0.3, 0.4) is 0 Å². The average Bonchev–Trinajstić information content (AvgIpc) is 3.17. The molecule has 1 aliphatic heterocycles. The second-order valence-electron chi connectivity index (χ2n) is 6.58. The number of rotatable bonds is 1. The third-order valence-electron chi connectivity index (χ3n) is 5.44. The summed E-state index contributed by atoms with van der Waals surface area (Å²) in [6.07, 6.45) is 9.74.